The third-order valence-corrected chi connectivity index (χ3v) is 4.79. The topological polar surface area (TPSA) is 34.4 Å². The lowest BCUT2D eigenvalue weighted by Crippen LogP contribution is -2.16. The largest absolute Gasteiger partial charge is 0.305 e. The number of hydrogen-bond donors (Lipinski definition) is 0. The van der Waals surface area contributed by atoms with Gasteiger partial charge in [0, 0.05) is 5.56 Å². The number of benzene rings is 2. The molecule has 120 valence electrons. The van der Waals surface area contributed by atoms with Crippen LogP contribution in [0.1, 0.15) is 27.0 Å². The van der Waals surface area contributed by atoms with Gasteiger partial charge in [0.25, 0.3) is 5.91 Å². The third kappa shape index (κ3) is 3.17. The number of terminal acetylenes is 1. The lowest BCUT2D eigenvalue weighted by atomic mass is 10.1. The van der Waals surface area contributed by atoms with Crippen LogP contribution in [0.15, 0.2) is 41.4 Å². The maximum Gasteiger partial charge on any atom is 0.279 e. The predicted molar refractivity (Wildman–Crippen MR) is 99.2 cm³/mol. The lowest BCUT2D eigenvalue weighted by Gasteiger charge is -2.02. The molecular formula is C20H18N2OS. The van der Waals surface area contributed by atoms with Gasteiger partial charge in [0.15, 0.2) is 4.80 Å². The van der Waals surface area contributed by atoms with Gasteiger partial charge >= 0.3 is 0 Å². The minimum Gasteiger partial charge on any atom is -0.305 e. The molecule has 0 aliphatic rings. The zero-order chi connectivity index (χ0) is 17.3. The standard InChI is InChI=1S/C20H18N2OS/c1-5-8-22-17-7-6-13(2)12-18(17)24-20(22)21-19(23)16-10-14(3)9-15(4)11-16/h1,6-7,9-12H,8H2,2-4H3. The van der Waals surface area contributed by atoms with Crippen LogP contribution in [0.2, 0.25) is 0 Å². The summed E-state index contributed by atoms with van der Waals surface area (Å²) < 4.78 is 3.00. The number of amides is 1. The number of carbonyl (C=O) groups excluding carboxylic acids is 1. The molecule has 0 aliphatic carbocycles. The molecule has 24 heavy (non-hydrogen) atoms. The molecule has 0 unspecified atom stereocenters. The van der Waals surface area contributed by atoms with Gasteiger partial charge in [0.1, 0.15) is 0 Å². The molecule has 2 aromatic carbocycles. The summed E-state index contributed by atoms with van der Waals surface area (Å²) in [6.45, 7) is 6.39. The van der Waals surface area contributed by atoms with Crippen LogP contribution in [-0.2, 0) is 6.54 Å². The van der Waals surface area contributed by atoms with Crippen LogP contribution in [-0.4, -0.2) is 10.5 Å². The molecule has 3 rings (SSSR count). The Bertz CT molecular complexity index is 1030. The first kappa shape index (κ1) is 16.2. The Morgan fingerprint density at radius 3 is 2.50 bits per heavy atom. The molecule has 1 aromatic heterocycles. The van der Waals surface area contributed by atoms with Crippen LogP contribution < -0.4 is 4.80 Å². The van der Waals surface area contributed by atoms with Crippen molar-refractivity contribution in [2.45, 2.75) is 27.3 Å². The third-order valence-electron chi connectivity index (χ3n) is 3.75. The summed E-state index contributed by atoms with van der Waals surface area (Å²) in [5.74, 6) is 2.41. The van der Waals surface area contributed by atoms with E-state index < -0.39 is 0 Å². The monoisotopic (exact) mass is 334 g/mol. The summed E-state index contributed by atoms with van der Waals surface area (Å²) in [6, 6.07) is 11.9. The van der Waals surface area contributed by atoms with Gasteiger partial charge in [0.2, 0.25) is 0 Å². The number of thiazole rings is 1. The Hall–Kier alpha value is -2.64. The Morgan fingerprint density at radius 2 is 1.83 bits per heavy atom. The molecule has 0 saturated carbocycles. The average Bonchev–Trinajstić information content (AvgIpc) is 2.83. The first-order valence-corrected chi connectivity index (χ1v) is 8.50. The number of fused-ring (bicyclic) bond motifs is 1. The maximum atomic E-state index is 12.6. The van der Waals surface area contributed by atoms with E-state index in [1.165, 1.54) is 16.9 Å². The first-order valence-electron chi connectivity index (χ1n) is 7.69. The summed E-state index contributed by atoms with van der Waals surface area (Å²) in [6.07, 6.45) is 5.50. The van der Waals surface area contributed by atoms with Crippen LogP contribution in [0.3, 0.4) is 0 Å². The Balaban J connectivity index is 2.17. The fourth-order valence-electron chi connectivity index (χ4n) is 2.76. The number of aromatic nitrogens is 1. The Labute approximate surface area is 145 Å². The number of hydrogen-bond acceptors (Lipinski definition) is 2. The maximum absolute atomic E-state index is 12.6. The molecule has 3 aromatic rings. The van der Waals surface area contributed by atoms with Gasteiger partial charge in [-0.25, -0.2) is 0 Å². The highest BCUT2D eigenvalue weighted by molar-refractivity contribution is 7.16. The van der Waals surface area contributed by atoms with Gasteiger partial charge in [-0.2, -0.15) is 4.99 Å². The van der Waals surface area contributed by atoms with Gasteiger partial charge in [-0.3, -0.25) is 4.79 Å². The highest BCUT2D eigenvalue weighted by Crippen LogP contribution is 2.19. The van der Waals surface area contributed by atoms with Gasteiger partial charge in [-0.1, -0.05) is 40.5 Å². The summed E-state index contributed by atoms with van der Waals surface area (Å²) in [5.41, 5.74) is 4.89. The number of aryl methyl sites for hydroxylation is 3. The zero-order valence-corrected chi connectivity index (χ0v) is 14.8. The zero-order valence-electron chi connectivity index (χ0n) is 14.0. The van der Waals surface area contributed by atoms with Crippen LogP contribution in [0.25, 0.3) is 10.2 Å². The van der Waals surface area contributed by atoms with Crippen molar-refractivity contribution in [3.05, 3.63) is 63.5 Å². The van der Waals surface area contributed by atoms with Crippen molar-refractivity contribution < 1.29 is 4.79 Å². The van der Waals surface area contributed by atoms with E-state index >= 15 is 0 Å². The van der Waals surface area contributed by atoms with Gasteiger partial charge < -0.3 is 4.57 Å². The molecule has 0 atom stereocenters. The fraction of sp³-hybridized carbons (Fsp3) is 0.200. The van der Waals surface area contributed by atoms with E-state index in [0.717, 1.165) is 21.3 Å². The van der Waals surface area contributed by atoms with Crippen LogP contribution in [0.5, 0.6) is 0 Å². The van der Waals surface area contributed by atoms with E-state index in [-0.39, 0.29) is 5.91 Å². The SMILES string of the molecule is C#CCn1c(=NC(=O)c2cc(C)cc(C)c2)sc2cc(C)ccc21. The summed E-state index contributed by atoms with van der Waals surface area (Å²) in [5, 5.41) is 0. The Morgan fingerprint density at radius 1 is 1.12 bits per heavy atom. The van der Waals surface area contributed by atoms with Crippen molar-refractivity contribution in [1.82, 2.24) is 4.57 Å². The molecule has 1 heterocycles. The molecule has 0 spiro atoms. The van der Waals surface area contributed by atoms with E-state index in [4.69, 9.17) is 6.42 Å². The second-order valence-electron chi connectivity index (χ2n) is 5.94. The molecule has 3 nitrogen and oxygen atoms in total. The summed E-state index contributed by atoms with van der Waals surface area (Å²) in [7, 11) is 0. The molecule has 0 bridgehead atoms. The number of carbonyl (C=O) groups is 1. The summed E-state index contributed by atoms with van der Waals surface area (Å²) >= 11 is 1.49. The minimum atomic E-state index is -0.240. The van der Waals surface area contributed by atoms with E-state index in [9.17, 15) is 4.79 Å². The highest BCUT2D eigenvalue weighted by Gasteiger charge is 2.09. The Kier molecular flexibility index (Phi) is 4.37. The number of nitrogens with zero attached hydrogens (tertiary/aromatic N) is 2. The minimum absolute atomic E-state index is 0.240. The molecule has 0 saturated heterocycles. The second kappa shape index (κ2) is 6.46. The van der Waals surface area contributed by atoms with E-state index in [2.05, 4.69) is 17.0 Å². The molecular weight excluding hydrogens is 316 g/mol. The van der Waals surface area contributed by atoms with Crippen molar-refractivity contribution in [3.63, 3.8) is 0 Å². The van der Waals surface area contributed by atoms with Crippen molar-refractivity contribution in [1.29, 1.82) is 0 Å². The fourth-order valence-corrected chi connectivity index (χ4v) is 3.89. The van der Waals surface area contributed by atoms with Crippen LogP contribution in [0.4, 0.5) is 0 Å². The van der Waals surface area contributed by atoms with Crippen molar-refractivity contribution in [3.8, 4) is 12.3 Å². The smallest absolute Gasteiger partial charge is 0.279 e. The average molecular weight is 334 g/mol. The van der Waals surface area contributed by atoms with Crippen LogP contribution >= 0.6 is 11.3 Å². The normalized spacial score (nSPS) is 11.7. The number of rotatable bonds is 2. The quantitative estimate of drug-likeness (QED) is 0.652. The van der Waals surface area contributed by atoms with Gasteiger partial charge in [0.05, 0.1) is 16.8 Å². The molecule has 4 heteroatoms. The predicted octanol–water partition coefficient (Wildman–Crippen LogP) is 4.00. The van der Waals surface area contributed by atoms with Crippen molar-refractivity contribution >= 4 is 27.5 Å². The molecule has 0 N–H and O–H groups in total. The molecule has 0 fully saturated rings. The molecule has 0 aliphatic heterocycles. The molecule has 1 amide bonds. The van der Waals surface area contributed by atoms with Crippen molar-refractivity contribution in [2.75, 3.05) is 0 Å². The van der Waals surface area contributed by atoms with Crippen LogP contribution in [0, 0.1) is 33.1 Å². The summed E-state index contributed by atoms with van der Waals surface area (Å²) in [4.78, 5) is 17.6. The first-order chi connectivity index (χ1) is 11.5. The van der Waals surface area contributed by atoms with E-state index in [0.29, 0.717) is 16.9 Å². The van der Waals surface area contributed by atoms with Gasteiger partial charge in [-0.05, 0) is 50.6 Å². The second-order valence-corrected chi connectivity index (χ2v) is 6.95. The van der Waals surface area contributed by atoms with E-state index in [1.54, 1.807) is 0 Å². The lowest BCUT2D eigenvalue weighted by molar-refractivity contribution is 0.0997. The highest BCUT2D eigenvalue weighted by atomic mass is 32.1. The van der Waals surface area contributed by atoms with Crippen molar-refractivity contribution in [2.24, 2.45) is 4.99 Å². The van der Waals surface area contributed by atoms with E-state index in [1.807, 2.05) is 55.7 Å². The molecule has 0 radical (unpaired) electrons. The van der Waals surface area contributed by atoms with Gasteiger partial charge in [-0.15, -0.1) is 6.42 Å².